The molecule has 7 heteroatoms. The van der Waals surface area contributed by atoms with E-state index in [-0.39, 0.29) is 5.46 Å². The second kappa shape index (κ2) is 5.32. The monoisotopic (exact) mass is 282 g/mol. The van der Waals surface area contributed by atoms with Gasteiger partial charge in [-0.2, -0.15) is 5.10 Å². The lowest BCUT2D eigenvalue weighted by molar-refractivity contribution is 0.425. The molecule has 0 bridgehead atoms. The summed E-state index contributed by atoms with van der Waals surface area (Å²) in [5, 5.41) is 23.0. The molecule has 0 radical (unpaired) electrons. The van der Waals surface area contributed by atoms with Gasteiger partial charge in [-0.05, 0) is 37.0 Å². The van der Waals surface area contributed by atoms with Crippen LogP contribution in [0.25, 0.3) is 0 Å². The second-order valence-corrected chi connectivity index (χ2v) is 4.79. The van der Waals surface area contributed by atoms with Crippen molar-refractivity contribution in [3.8, 4) is 0 Å². The summed E-state index contributed by atoms with van der Waals surface area (Å²) in [5.74, 6) is -0.520. The average molecular weight is 283 g/mol. The molecule has 0 atom stereocenters. The van der Waals surface area contributed by atoms with Crippen molar-refractivity contribution in [3.63, 3.8) is 0 Å². The molecule has 2 aromatic rings. The van der Waals surface area contributed by atoms with Crippen LogP contribution in [0.4, 0.5) is 4.39 Å². The number of halogens is 2. The Morgan fingerprint density at radius 3 is 2.53 bits per heavy atom. The Kier molecular flexibility index (Phi) is 3.94. The SMILES string of the molecule is Cc1nn(Cc2cc(F)cc(B(O)O)c2)c(C)c1Cl. The maximum atomic E-state index is 13.4. The van der Waals surface area contributed by atoms with Gasteiger partial charge in [-0.15, -0.1) is 0 Å². The minimum absolute atomic E-state index is 0.114. The first kappa shape index (κ1) is 14.1. The molecule has 0 aliphatic heterocycles. The van der Waals surface area contributed by atoms with E-state index in [0.29, 0.717) is 22.8 Å². The van der Waals surface area contributed by atoms with E-state index in [4.69, 9.17) is 21.6 Å². The lowest BCUT2D eigenvalue weighted by Gasteiger charge is -2.07. The topological polar surface area (TPSA) is 58.3 Å². The molecule has 2 N–H and O–H groups in total. The molecular weight excluding hydrogens is 269 g/mol. The first-order valence-corrected chi connectivity index (χ1v) is 6.11. The normalized spacial score (nSPS) is 10.8. The van der Waals surface area contributed by atoms with Gasteiger partial charge in [0.25, 0.3) is 0 Å². The van der Waals surface area contributed by atoms with Gasteiger partial charge in [0.1, 0.15) is 5.82 Å². The van der Waals surface area contributed by atoms with Crippen molar-refractivity contribution >= 4 is 24.2 Å². The molecule has 0 saturated heterocycles. The summed E-state index contributed by atoms with van der Waals surface area (Å²) in [4.78, 5) is 0. The number of nitrogens with zero attached hydrogens (tertiary/aromatic N) is 2. The molecule has 1 heterocycles. The fourth-order valence-corrected chi connectivity index (χ4v) is 2.05. The zero-order valence-electron chi connectivity index (χ0n) is 10.6. The van der Waals surface area contributed by atoms with Crippen molar-refractivity contribution in [2.45, 2.75) is 20.4 Å². The second-order valence-electron chi connectivity index (χ2n) is 4.41. The molecule has 0 aliphatic rings. The molecule has 0 saturated carbocycles. The molecule has 0 unspecified atom stereocenters. The summed E-state index contributed by atoms with van der Waals surface area (Å²) < 4.78 is 15.1. The average Bonchev–Trinajstić information content (AvgIpc) is 2.56. The summed E-state index contributed by atoms with van der Waals surface area (Å²) in [7, 11) is -1.70. The largest absolute Gasteiger partial charge is 0.488 e. The van der Waals surface area contributed by atoms with Gasteiger partial charge >= 0.3 is 7.12 Å². The molecule has 0 amide bonds. The quantitative estimate of drug-likeness (QED) is 0.827. The number of hydrogen-bond donors (Lipinski definition) is 2. The highest BCUT2D eigenvalue weighted by Gasteiger charge is 2.15. The summed E-state index contributed by atoms with van der Waals surface area (Å²) in [6.07, 6.45) is 0. The van der Waals surface area contributed by atoms with E-state index >= 15 is 0 Å². The zero-order chi connectivity index (χ0) is 14.2. The van der Waals surface area contributed by atoms with E-state index in [1.54, 1.807) is 11.6 Å². The van der Waals surface area contributed by atoms with E-state index in [1.807, 2.05) is 6.92 Å². The van der Waals surface area contributed by atoms with Gasteiger partial charge in [0.05, 0.1) is 23.0 Å². The van der Waals surface area contributed by atoms with Crippen molar-refractivity contribution in [1.82, 2.24) is 9.78 Å². The smallest absolute Gasteiger partial charge is 0.423 e. The zero-order valence-corrected chi connectivity index (χ0v) is 11.3. The van der Waals surface area contributed by atoms with Gasteiger partial charge < -0.3 is 10.0 Å². The third-order valence-corrected chi connectivity index (χ3v) is 3.45. The number of benzene rings is 1. The van der Waals surface area contributed by atoms with Gasteiger partial charge in [0.2, 0.25) is 0 Å². The predicted octanol–water partition coefficient (Wildman–Crippen LogP) is 1.02. The molecule has 0 spiro atoms. The van der Waals surface area contributed by atoms with Crippen LogP contribution in [0, 0.1) is 19.7 Å². The minimum atomic E-state index is -1.70. The Hall–Kier alpha value is -1.37. The lowest BCUT2D eigenvalue weighted by Crippen LogP contribution is -2.30. The van der Waals surface area contributed by atoms with Crippen LogP contribution < -0.4 is 5.46 Å². The Labute approximate surface area is 115 Å². The Bertz CT molecular complexity index is 616. The molecule has 19 heavy (non-hydrogen) atoms. The van der Waals surface area contributed by atoms with Crippen LogP contribution in [0.3, 0.4) is 0 Å². The maximum Gasteiger partial charge on any atom is 0.488 e. The fraction of sp³-hybridized carbons (Fsp3) is 0.250. The first-order chi connectivity index (χ1) is 8.88. The van der Waals surface area contributed by atoms with Crippen LogP contribution in [0.15, 0.2) is 18.2 Å². The van der Waals surface area contributed by atoms with Crippen molar-refractivity contribution in [2.24, 2.45) is 0 Å². The molecule has 1 aromatic heterocycles. The van der Waals surface area contributed by atoms with Gasteiger partial charge in [-0.3, -0.25) is 4.68 Å². The summed E-state index contributed by atoms with van der Waals surface area (Å²) in [6, 6.07) is 3.94. The summed E-state index contributed by atoms with van der Waals surface area (Å²) >= 11 is 6.04. The van der Waals surface area contributed by atoms with E-state index in [9.17, 15) is 4.39 Å². The molecule has 0 fully saturated rings. The minimum Gasteiger partial charge on any atom is -0.423 e. The molecule has 100 valence electrons. The van der Waals surface area contributed by atoms with Crippen molar-refractivity contribution in [1.29, 1.82) is 0 Å². The molecule has 1 aromatic carbocycles. The van der Waals surface area contributed by atoms with E-state index < -0.39 is 12.9 Å². The van der Waals surface area contributed by atoms with Gasteiger partial charge in [-0.25, -0.2) is 4.39 Å². The Morgan fingerprint density at radius 1 is 1.32 bits per heavy atom. The third kappa shape index (κ3) is 2.97. The van der Waals surface area contributed by atoms with Crippen LogP contribution in [-0.2, 0) is 6.54 Å². The molecule has 0 aliphatic carbocycles. The Morgan fingerprint density at radius 2 is 2.00 bits per heavy atom. The van der Waals surface area contributed by atoms with Gasteiger partial charge in [0, 0.05) is 0 Å². The van der Waals surface area contributed by atoms with Crippen molar-refractivity contribution < 1.29 is 14.4 Å². The van der Waals surface area contributed by atoms with E-state index in [2.05, 4.69) is 5.10 Å². The summed E-state index contributed by atoms with van der Waals surface area (Å²) in [6.45, 7) is 3.93. The Balaban J connectivity index is 2.35. The fourth-order valence-electron chi connectivity index (χ4n) is 1.92. The van der Waals surface area contributed by atoms with Crippen LogP contribution in [0.1, 0.15) is 17.0 Å². The van der Waals surface area contributed by atoms with E-state index in [0.717, 1.165) is 11.8 Å². The standard InChI is InChI=1S/C12H13BClFN2O2/c1-7-12(14)8(2)17(16-7)6-9-3-10(13(18)19)5-11(15)4-9/h3-5,18-19H,6H2,1-2H3. The number of aromatic nitrogens is 2. The highest BCUT2D eigenvalue weighted by atomic mass is 35.5. The van der Waals surface area contributed by atoms with E-state index in [1.165, 1.54) is 12.1 Å². The highest BCUT2D eigenvalue weighted by Crippen LogP contribution is 2.19. The highest BCUT2D eigenvalue weighted by molar-refractivity contribution is 6.58. The van der Waals surface area contributed by atoms with Crippen molar-refractivity contribution in [2.75, 3.05) is 0 Å². The van der Waals surface area contributed by atoms with Crippen LogP contribution in [0.5, 0.6) is 0 Å². The first-order valence-electron chi connectivity index (χ1n) is 5.73. The molecule has 2 rings (SSSR count). The van der Waals surface area contributed by atoms with Gasteiger partial charge in [0.15, 0.2) is 0 Å². The lowest BCUT2D eigenvalue weighted by atomic mass is 9.79. The number of rotatable bonds is 3. The summed E-state index contributed by atoms with van der Waals surface area (Å²) in [5.41, 5.74) is 2.19. The maximum absolute atomic E-state index is 13.4. The molecule has 4 nitrogen and oxygen atoms in total. The van der Waals surface area contributed by atoms with Crippen LogP contribution in [-0.4, -0.2) is 26.9 Å². The number of aryl methyl sites for hydroxylation is 1. The van der Waals surface area contributed by atoms with Gasteiger partial charge in [-0.1, -0.05) is 17.7 Å². The van der Waals surface area contributed by atoms with Crippen LogP contribution in [0.2, 0.25) is 5.02 Å². The molecular formula is C12H13BClFN2O2. The third-order valence-electron chi connectivity index (χ3n) is 2.90. The number of hydrogen-bond acceptors (Lipinski definition) is 3. The predicted molar refractivity (Wildman–Crippen MR) is 72.0 cm³/mol. The van der Waals surface area contributed by atoms with Crippen LogP contribution >= 0.6 is 11.6 Å². The van der Waals surface area contributed by atoms with Crippen molar-refractivity contribution in [3.05, 3.63) is 46.0 Å².